The van der Waals surface area contributed by atoms with Crippen LogP contribution in [0.2, 0.25) is 0 Å². The Hall–Kier alpha value is -0.350. The smallest absolute Gasteiger partial charge is 0.180 e. The highest BCUT2D eigenvalue weighted by atomic mass is 32.1. The number of nitrogens with one attached hydrogen (secondary N) is 2. The van der Waals surface area contributed by atoms with E-state index in [9.17, 15) is 0 Å². The minimum atomic E-state index is 0.459. The molecule has 4 N–H and O–H groups in total. The van der Waals surface area contributed by atoms with Crippen LogP contribution in [0.3, 0.4) is 0 Å². The zero-order valence-corrected chi connectivity index (χ0v) is 7.63. The van der Waals surface area contributed by atoms with Crippen molar-refractivity contribution in [2.24, 2.45) is 11.3 Å². The summed E-state index contributed by atoms with van der Waals surface area (Å²) in [6.45, 7) is 3.21. The lowest BCUT2D eigenvalue weighted by atomic mass is 9.70. The molecule has 0 aromatic carbocycles. The Kier molecular flexibility index (Phi) is 2.67. The van der Waals surface area contributed by atoms with Gasteiger partial charge in [-0.1, -0.05) is 13.3 Å². The summed E-state index contributed by atoms with van der Waals surface area (Å²) in [5.41, 5.74) is 2.87. The molecule has 1 aliphatic carbocycles. The summed E-state index contributed by atoms with van der Waals surface area (Å²) in [5, 5.41) is 3.61. The van der Waals surface area contributed by atoms with E-state index in [-0.39, 0.29) is 0 Å². The van der Waals surface area contributed by atoms with Gasteiger partial charge in [-0.05, 0) is 30.5 Å². The van der Waals surface area contributed by atoms with Crippen LogP contribution in [-0.2, 0) is 0 Å². The number of hydrogen-bond acceptors (Lipinski definition) is 2. The van der Waals surface area contributed by atoms with Crippen molar-refractivity contribution in [3.8, 4) is 0 Å². The first kappa shape index (κ1) is 8.74. The molecule has 0 unspecified atom stereocenters. The highest BCUT2D eigenvalue weighted by molar-refractivity contribution is 7.80. The lowest BCUT2D eigenvalue weighted by molar-refractivity contribution is 0.165. The molecule has 0 aromatic heterocycles. The SMILES string of the molecule is CC1(CNC(=S)NN)CCC1. The van der Waals surface area contributed by atoms with Crippen molar-refractivity contribution in [2.75, 3.05) is 6.54 Å². The Balaban J connectivity index is 2.16. The van der Waals surface area contributed by atoms with Crippen molar-refractivity contribution < 1.29 is 0 Å². The zero-order valence-electron chi connectivity index (χ0n) is 6.81. The maximum absolute atomic E-state index is 5.11. The molecule has 4 heteroatoms. The minimum absolute atomic E-state index is 0.459. The first-order chi connectivity index (χ1) is 5.16. The maximum atomic E-state index is 5.11. The van der Waals surface area contributed by atoms with Crippen LogP contribution in [0.5, 0.6) is 0 Å². The molecule has 0 heterocycles. The van der Waals surface area contributed by atoms with Gasteiger partial charge in [-0.15, -0.1) is 0 Å². The van der Waals surface area contributed by atoms with Crippen LogP contribution in [0.1, 0.15) is 26.2 Å². The van der Waals surface area contributed by atoms with Crippen LogP contribution in [0, 0.1) is 5.41 Å². The van der Waals surface area contributed by atoms with E-state index in [0.717, 1.165) is 6.54 Å². The van der Waals surface area contributed by atoms with Crippen molar-refractivity contribution in [2.45, 2.75) is 26.2 Å². The van der Waals surface area contributed by atoms with Gasteiger partial charge in [-0.3, -0.25) is 0 Å². The van der Waals surface area contributed by atoms with Gasteiger partial charge in [-0.25, -0.2) is 5.84 Å². The Labute approximate surface area is 72.7 Å². The second-order valence-electron chi connectivity index (χ2n) is 3.49. The summed E-state index contributed by atoms with van der Waals surface area (Å²) in [5.74, 6) is 5.11. The van der Waals surface area contributed by atoms with Crippen LogP contribution < -0.4 is 16.6 Å². The Morgan fingerprint density at radius 3 is 2.64 bits per heavy atom. The third kappa shape index (κ3) is 2.31. The fraction of sp³-hybridized carbons (Fsp3) is 0.857. The quantitative estimate of drug-likeness (QED) is 0.324. The van der Waals surface area contributed by atoms with Gasteiger partial charge in [0.2, 0.25) is 0 Å². The normalized spacial score (nSPS) is 20.2. The molecule has 0 amide bonds. The van der Waals surface area contributed by atoms with E-state index in [1.807, 2.05) is 0 Å². The molecule has 0 spiro atoms. The third-order valence-electron chi connectivity index (χ3n) is 2.37. The first-order valence-corrected chi connectivity index (χ1v) is 4.32. The van der Waals surface area contributed by atoms with Gasteiger partial charge < -0.3 is 10.7 Å². The van der Waals surface area contributed by atoms with Crippen molar-refractivity contribution in [3.05, 3.63) is 0 Å². The third-order valence-corrected chi connectivity index (χ3v) is 2.63. The van der Waals surface area contributed by atoms with E-state index in [0.29, 0.717) is 10.5 Å². The Bertz CT molecular complexity index is 154. The number of hydrogen-bond donors (Lipinski definition) is 3. The monoisotopic (exact) mass is 173 g/mol. The molecule has 11 heavy (non-hydrogen) atoms. The number of hydrazine groups is 1. The molecule has 1 fully saturated rings. The minimum Gasteiger partial charge on any atom is -0.361 e. The van der Waals surface area contributed by atoms with Gasteiger partial charge in [0.05, 0.1) is 0 Å². The summed E-state index contributed by atoms with van der Waals surface area (Å²) in [6.07, 6.45) is 3.95. The van der Waals surface area contributed by atoms with Gasteiger partial charge in [-0.2, -0.15) is 0 Å². The summed E-state index contributed by atoms with van der Waals surface area (Å²) in [7, 11) is 0. The summed E-state index contributed by atoms with van der Waals surface area (Å²) in [4.78, 5) is 0. The van der Waals surface area contributed by atoms with Gasteiger partial charge in [0, 0.05) is 6.54 Å². The summed E-state index contributed by atoms with van der Waals surface area (Å²) < 4.78 is 0. The second kappa shape index (κ2) is 3.36. The highest BCUT2D eigenvalue weighted by Crippen LogP contribution is 2.39. The Morgan fingerprint density at radius 1 is 1.64 bits per heavy atom. The maximum Gasteiger partial charge on any atom is 0.180 e. The molecular weight excluding hydrogens is 158 g/mol. The van der Waals surface area contributed by atoms with Crippen molar-refractivity contribution in [1.29, 1.82) is 0 Å². The number of nitrogens with two attached hydrogens (primary N) is 1. The number of thiocarbonyl (C=S) groups is 1. The van der Waals surface area contributed by atoms with E-state index >= 15 is 0 Å². The van der Waals surface area contributed by atoms with Crippen LogP contribution in [0.4, 0.5) is 0 Å². The second-order valence-corrected chi connectivity index (χ2v) is 3.90. The van der Waals surface area contributed by atoms with Crippen molar-refractivity contribution in [1.82, 2.24) is 10.7 Å². The molecule has 0 aromatic rings. The van der Waals surface area contributed by atoms with Crippen LogP contribution in [-0.4, -0.2) is 11.7 Å². The van der Waals surface area contributed by atoms with Crippen LogP contribution in [0.25, 0.3) is 0 Å². The zero-order chi connectivity index (χ0) is 8.32. The van der Waals surface area contributed by atoms with E-state index in [1.165, 1.54) is 19.3 Å². The van der Waals surface area contributed by atoms with E-state index < -0.39 is 0 Å². The van der Waals surface area contributed by atoms with Gasteiger partial charge in [0.15, 0.2) is 5.11 Å². The largest absolute Gasteiger partial charge is 0.361 e. The Morgan fingerprint density at radius 2 is 2.27 bits per heavy atom. The molecule has 0 bridgehead atoms. The molecule has 3 nitrogen and oxygen atoms in total. The summed E-state index contributed by atoms with van der Waals surface area (Å²) >= 11 is 4.85. The van der Waals surface area contributed by atoms with Crippen molar-refractivity contribution in [3.63, 3.8) is 0 Å². The lowest BCUT2D eigenvalue weighted by Gasteiger charge is -2.38. The van der Waals surface area contributed by atoms with Gasteiger partial charge in [0.25, 0.3) is 0 Å². The van der Waals surface area contributed by atoms with Crippen LogP contribution >= 0.6 is 12.2 Å². The predicted molar refractivity (Wildman–Crippen MR) is 49.9 cm³/mol. The molecule has 64 valence electrons. The van der Waals surface area contributed by atoms with E-state index in [4.69, 9.17) is 18.1 Å². The summed E-state index contributed by atoms with van der Waals surface area (Å²) in [6, 6.07) is 0. The number of rotatable bonds is 2. The molecule has 0 saturated heterocycles. The van der Waals surface area contributed by atoms with E-state index in [2.05, 4.69) is 17.7 Å². The predicted octanol–water partition coefficient (Wildman–Crippen LogP) is 0.514. The fourth-order valence-electron chi connectivity index (χ4n) is 1.30. The molecule has 1 aliphatic rings. The highest BCUT2D eigenvalue weighted by Gasteiger charge is 2.31. The fourth-order valence-corrected chi connectivity index (χ4v) is 1.37. The van der Waals surface area contributed by atoms with Crippen molar-refractivity contribution >= 4 is 17.3 Å². The topological polar surface area (TPSA) is 50.1 Å². The average Bonchev–Trinajstić information content (AvgIpc) is 1.96. The lowest BCUT2D eigenvalue weighted by Crippen LogP contribution is -2.46. The van der Waals surface area contributed by atoms with E-state index in [1.54, 1.807) is 0 Å². The molecule has 1 rings (SSSR count). The molecule has 0 aliphatic heterocycles. The molecular formula is C7H15N3S. The van der Waals surface area contributed by atoms with Gasteiger partial charge >= 0.3 is 0 Å². The van der Waals surface area contributed by atoms with Crippen LogP contribution in [0.15, 0.2) is 0 Å². The first-order valence-electron chi connectivity index (χ1n) is 3.91. The molecule has 0 radical (unpaired) electrons. The van der Waals surface area contributed by atoms with Gasteiger partial charge in [0.1, 0.15) is 0 Å². The molecule has 0 atom stereocenters. The standard InChI is InChI=1S/C7H15N3S/c1-7(3-2-4-7)5-9-6(11)10-8/h2-5,8H2,1H3,(H2,9,10,11). The molecule has 1 saturated carbocycles. The average molecular weight is 173 g/mol.